The van der Waals surface area contributed by atoms with E-state index >= 15 is 0 Å². The molecule has 0 radical (unpaired) electrons. The van der Waals surface area contributed by atoms with Gasteiger partial charge in [0.15, 0.2) is 6.04 Å². The van der Waals surface area contributed by atoms with Gasteiger partial charge in [0, 0.05) is 5.56 Å². The third kappa shape index (κ3) is 4.71. The van der Waals surface area contributed by atoms with Gasteiger partial charge in [-0.3, -0.25) is 4.79 Å². The molecule has 2 rings (SSSR count). The lowest BCUT2D eigenvalue weighted by Crippen LogP contribution is -2.44. The highest BCUT2D eigenvalue weighted by atomic mass is 16.5. The van der Waals surface area contributed by atoms with E-state index in [-0.39, 0.29) is 6.61 Å². The summed E-state index contributed by atoms with van der Waals surface area (Å²) in [4.78, 5) is 23.2. The van der Waals surface area contributed by atoms with Crippen LogP contribution in [0.3, 0.4) is 0 Å². The molecule has 114 valence electrons. The summed E-state index contributed by atoms with van der Waals surface area (Å²) in [5.41, 5.74) is 1.36. The molecule has 5 heteroatoms. The van der Waals surface area contributed by atoms with E-state index < -0.39 is 17.9 Å². The number of rotatable bonds is 7. The molecule has 1 atom stereocenters. The summed E-state index contributed by atoms with van der Waals surface area (Å²) in [6, 6.07) is 16.8. The summed E-state index contributed by atoms with van der Waals surface area (Å²) in [6.45, 7) is 0.203. The molecule has 0 aliphatic carbocycles. The summed E-state index contributed by atoms with van der Waals surface area (Å²) in [7, 11) is 0. The minimum Gasteiger partial charge on any atom is -0.480 e. The van der Waals surface area contributed by atoms with Gasteiger partial charge in [0.05, 0.1) is 13.2 Å². The second-order valence-electron chi connectivity index (χ2n) is 4.73. The van der Waals surface area contributed by atoms with Gasteiger partial charge in [0.1, 0.15) is 0 Å². The van der Waals surface area contributed by atoms with Crippen LogP contribution in [-0.4, -0.2) is 29.6 Å². The van der Waals surface area contributed by atoms with Crippen LogP contribution < -0.4 is 5.32 Å². The predicted octanol–water partition coefficient (Wildman–Crippen LogP) is 2.09. The first kappa shape index (κ1) is 15.7. The summed E-state index contributed by atoms with van der Waals surface area (Å²) in [5, 5.41) is 11.6. The van der Waals surface area contributed by atoms with E-state index in [0.29, 0.717) is 12.2 Å². The number of amides is 1. The van der Waals surface area contributed by atoms with Crippen molar-refractivity contribution in [3.8, 4) is 0 Å². The van der Waals surface area contributed by atoms with E-state index in [2.05, 4.69) is 5.32 Å². The molecule has 2 aromatic rings. The highest BCUT2D eigenvalue weighted by Crippen LogP contribution is 2.03. The Balaban J connectivity index is 1.87. The number of carbonyl (C=O) groups is 2. The number of nitrogens with one attached hydrogen (secondary N) is 1. The first-order valence-electron chi connectivity index (χ1n) is 6.87. The molecule has 1 unspecified atom stereocenters. The number of aliphatic carboxylic acids is 1. The van der Waals surface area contributed by atoms with Crippen molar-refractivity contribution >= 4 is 11.9 Å². The lowest BCUT2D eigenvalue weighted by atomic mass is 10.2. The molecule has 2 N–H and O–H groups in total. The first-order chi connectivity index (χ1) is 10.7. The molecule has 2 aromatic carbocycles. The van der Waals surface area contributed by atoms with Gasteiger partial charge in [-0.15, -0.1) is 0 Å². The van der Waals surface area contributed by atoms with Gasteiger partial charge in [0.25, 0.3) is 5.91 Å². The Labute approximate surface area is 128 Å². The van der Waals surface area contributed by atoms with Crippen LogP contribution in [0.25, 0.3) is 0 Å². The topological polar surface area (TPSA) is 75.6 Å². The third-order valence-electron chi connectivity index (χ3n) is 3.04. The molecule has 0 bridgehead atoms. The number of ether oxygens (including phenoxy) is 1. The van der Waals surface area contributed by atoms with Crippen LogP contribution in [0, 0.1) is 0 Å². The molecule has 0 aliphatic rings. The van der Waals surface area contributed by atoms with Crippen LogP contribution in [0.15, 0.2) is 60.7 Å². The molecule has 0 spiro atoms. The SMILES string of the molecule is O=C(NC(COCc1ccccc1)C(=O)O)c1ccccc1. The van der Waals surface area contributed by atoms with Crippen LogP contribution in [0.1, 0.15) is 15.9 Å². The van der Waals surface area contributed by atoms with Gasteiger partial charge < -0.3 is 15.2 Å². The Morgan fingerprint density at radius 2 is 1.59 bits per heavy atom. The van der Waals surface area contributed by atoms with Crippen molar-refractivity contribution < 1.29 is 19.4 Å². The molecule has 0 saturated carbocycles. The standard InChI is InChI=1S/C17H17NO4/c19-16(14-9-5-2-6-10-14)18-15(17(20)21)12-22-11-13-7-3-1-4-8-13/h1-10,15H,11-12H2,(H,18,19)(H,20,21). The second-order valence-corrected chi connectivity index (χ2v) is 4.73. The zero-order chi connectivity index (χ0) is 15.8. The smallest absolute Gasteiger partial charge is 0.328 e. The molecular weight excluding hydrogens is 282 g/mol. The number of carboxylic acid groups (broad SMARTS) is 1. The van der Waals surface area contributed by atoms with E-state index in [1.54, 1.807) is 30.3 Å². The molecule has 0 fully saturated rings. The van der Waals surface area contributed by atoms with E-state index in [1.807, 2.05) is 30.3 Å². The van der Waals surface area contributed by atoms with Gasteiger partial charge >= 0.3 is 5.97 Å². The van der Waals surface area contributed by atoms with E-state index in [1.165, 1.54) is 0 Å². The number of hydrogen-bond acceptors (Lipinski definition) is 3. The predicted molar refractivity (Wildman–Crippen MR) is 81.4 cm³/mol. The van der Waals surface area contributed by atoms with Gasteiger partial charge in [-0.25, -0.2) is 4.79 Å². The lowest BCUT2D eigenvalue weighted by molar-refractivity contribution is -0.141. The number of benzene rings is 2. The van der Waals surface area contributed by atoms with Crippen LogP contribution in [0.5, 0.6) is 0 Å². The molecule has 0 saturated heterocycles. The molecule has 0 aliphatic heterocycles. The fraction of sp³-hybridized carbons (Fsp3) is 0.176. The molecule has 5 nitrogen and oxygen atoms in total. The molecule has 22 heavy (non-hydrogen) atoms. The summed E-state index contributed by atoms with van der Waals surface area (Å²) < 4.78 is 5.38. The van der Waals surface area contributed by atoms with E-state index in [9.17, 15) is 14.7 Å². The maximum atomic E-state index is 12.0. The van der Waals surface area contributed by atoms with Crippen LogP contribution >= 0.6 is 0 Å². The summed E-state index contributed by atoms with van der Waals surface area (Å²) in [5.74, 6) is -1.56. The van der Waals surface area contributed by atoms with Crippen molar-refractivity contribution in [1.29, 1.82) is 0 Å². The van der Waals surface area contributed by atoms with E-state index in [4.69, 9.17) is 4.74 Å². The average Bonchev–Trinajstić information content (AvgIpc) is 2.55. The van der Waals surface area contributed by atoms with Crippen molar-refractivity contribution in [2.24, 2.45) is 0 Å². The maximum Gasteiger partial charge on any atom is 0.328 e. The molecule has 0 heterocycles. The third-order valence-corrected chi connectivity index (χ3v) is 3.04. The monoisotopic (exact) mass is 299 g/mol. The minimum atomic E-state index is -1.13. The minimum absolute atomic E-state index is 0.0944. The van der Waals surface area contributed by atoms with Crippen LogP contribution in [0.4, 0.5) is 0 Å². The first-order valence-corrected chi connectivity index (χ1v) is 6.87. The fourth-order valence-corrected chi connectivity index (χ4v) is 1.87. The summed E-state index contributed by atoms with van der Waals surface area (Å²) in [6.07, 6.45) is 0. The van der Waals surface area contributed by atoms with Gasteiger partial charge in [-0.2, -0.15) is 0 Å². The number of carboxylic acids is 1. The molecular formula is C17H17NO4. The Bertz CT molecular complexity index is 613. The Kier molecular flexibility index (Phi) is 5.68. The van der Waals surface area contributed by atoms with E-state index in [0.717, 1.165) is 5.56 Å². The van der Waals surface area contributed by atoms with Crippen molar-refractivity contribution in [2.45, 2.75) is 12.6 Å². The molecule has 1 amide bonds. The lowest BCUT2D eigenvalue weighted by Gasteiger charge is -2.15. The highest BCUT2D eigenvalue weighted by molar-refractivity contribution is 5.96. The zero-order valence-corrected chi connectivity index (χ0v) is 11.9. The number of carbonyl (C=O) groups excluding carboxylic acids is 1. The van der Waals surface area contributed by atoms with Gasteiger partial charge in [-0.1, -0.05) is 48.5 Å². The highest BCUT2D eigenvalue weighted by Gasteiger charge is 2.20. The van der Waals surface area contributed by atoms with Crippen molar-refractivity contribution in [3.63, 3.8) is 0 Å². The molecule has 0 aromatic heterocycles. The normalized spacial score (nSPS) is 11.6. The average molecular weight is 299 g/mol. The largest absolute Gasteiger partial charge is 0.480 e. The van der Waals surface area contributed by atoms with Gasteiger partial charge in [-0.05, 0) is 17.7 Å². The van der Waals surface area contributed by atoms with Crippen molar-refractivity contribution in [3.05, 3.63) is 71.8 Å². The maximum absolute atomic E-state index is 12.0. The second kappa shape index (κ2) is 7.95. The van der Waals surface area contributed by atoms with Gasteiger partial charge in [0.2, 0.25) is 0 Å². The Morgan fingerprint density at radius 3 is 2.18 bits per heavy atom. The van der Waals surface area contributed by atoms with Crippen LogP contribution in [0.2, 0.25) is 0 Å². The van der Waals surface area contributed by atoms with Crippen molar-refractivity contribution in [1.82, 2.24) is 5.32 Å². The van der Waals surface area contributed by atoms with Crippen LogP contribution in [-0.2, 0) is 16.1 Å². The Morgan fingerprint density at radius 1 is 1.00 bits per heavy atom. The Hall–Kier alpha value is -2.66. The quantitative estimate of drug-likeness (QED) is 0.821. The van der Waals surface area contributed by atoms with Crippen molar-refractivity contribution in [2.75, 3.05) is 6.61 Å². The number of hydrogen-bond donors (Lipinski definition) is 2. The zero-order valence-electron chi connectivity index (χ0n) is 11.9. The fourth-order valence-electron chi connectivity index (χ4n) is 1.87. The summed E-state index contributed by atoms with van der Waals surface area (Å²) >= 11 is 0.